The van der Waals surface area contributed by atoms with Crippen LogP contribution in [0.5, 0.6) is 0 Å². The van der Waals surface area contributed by atoms with E-state index in [1.165, 1.54) is 6.42 Å². The number of amides is 5. The number of unbranched alkanes of at least 4 members (excludes halogenated alkanes) is 1. The molecule has 4 N–H and O–H groups in total. The second kappa shape index (κ2) is 19.8. The molecular weight excluding hydrogens is 612 g/mol. The minimum atomic E-state index is -0.859. The summed E-state index contributed by atoms with van der Waals surface area (Å²) in [5, 5.41) is 11.4. The normalized spacial score (nSPS) is 21.2. The van der Waals surface area contributed by atoms with Gasteiger partial charge in [-0.05, 0) is 69.7 Å². The van der Waals surface area contributed by atoms with Gasteiger partial charge in [0.1, 0.15) is 6.04 Å². The molecule has 2 aliphatic heterocycles. The van der Waals surface area contributed by atoms with Gasteiger partial charge in [0.25, 0.3) is 5.91 Å². The molecule has 4 unspecified atom stereocenters. The number of hydrogen-bond donors (Lipinski definition) is 4. The number of likely N-dealkylation sites (tertiary alicyclic amines) is 2. The molecule has 48 heavy (non-hydrogen) atoms. The molecule has 0 aromatic carbocycles. The van der Waals surface area contributed by atoms with Crippen molar-refractivity contribution >= 4 is 35.8 Å². The van der Waals surface area contributed by atoms with Crippen molar-refractivity contribution in [3.8, 4) is 0 Å². The van der Waals surface area contributed by atoms with E-state index in [9.17, 15) is 28.8 Å². The van der Waals surface area contributed by atoms with Crippen LogP contribution in [0.15, 0.2) is 0 Å². The molecule has 0 radical (unpaired) electrons. The highest BCUT2D eigenvalue weighted by Gasteiger charge is 2.45. The van der Waals surface area contributed by atoms with Crippen molar-refractivity contribution in [1.82, 2.24) is 31.1 Å². The van der Waals surface area contributed by atoms with Crippen LogP contribution in [0.25, 0.3) is 0 Å². The van der Waals surface area contributed by atoms with E-state index < -0.39 is 23.8 Å². The number of ketones is 1. The number of likely N-dealkylation sites (N-methyl/N-ethyl adjacent to an activating group) is 2. The van der Waals surface area contributed by atoms with Crippen LogP contribution in [0, 0.1) is 10.8 Å². The lowest BCUT2D eigenvalue weighted by Crippen LogP contribution is -2.58. The second-order valence-corrected chi connectivity index (χ2v) is 15.1. The Balaban J connectivity index is 0.000000419. The molecule has 3 fully saturated rings. The number of nitrogens with one attached hydrogen (secondary N) is 4. The third-order valence-electron chi connectivity index (χ3n) is 10.2. The quantitative estimate of drug-likeness (QED) is 0.153. The largest absolute Gasteiger partial charge is 0.354 e. The molecule has 0 bridgehead atoms. The van der Waals surface area contributed by atoms with Crippen molar-refractivity contribution in [2.75, 3.05) is 33.2 Å². The fourth-order valence-corrected chi connectivity index (χ4v) is 7.17. The van der Waals surface area contributed by atoms with Crippen LogP contribution in [0.3, 0.4) is 0 Å². The van der Waals surface area contributed by atoms with Crippen LogP contribution < -0.4 is 21.3 Å². The first-order chi connectivity index (χ1) is 22.7. The van der Waals surface area contributed by atoms with Crippen LogP contribution in [0.2, 0.25) is 0 Å². The van der Waals surface area contributed by atoms with Gasteiger partial charge in [0.15, 0.2) is 0 Å². The van der Waals surface area contributed by atoms with Crippen LogP contribution >= 0.6 is 0 Å². The molecular formula is C36H64N6O6. The lowest BCUT2D eigenvalue weighted by atomic mass is 9.70. The summed E-state index contributed by atoms with van der Waals surface area (Å²) in [4.78, 5) is 77.2. The number of piperidine rings is 1. The highest BCUT2D eigenvalue weighted by atomic mass is 16.2. The number of nitrogens with zero attached hydrogens (tertiary/aromatic N) is 2. The molecule has 0 aromatic rings. The number of hydrogen-bond acceptors (Lipinski definition) is 7. The fraction of sp³-hybridized carbons (Fsp3) is 0.833. The Kier molecular flexibility index (Phi) is 17.0. The Morgan fingerprint density at radius 1 is 1.00 bits per heavy atom. The molecule has 12 nitrogen and oxygen atoms in total. The molecule has 3 rings (SSSR count). The van der Waals surface area contributed by atoms with Crippen LogP contribution in [0.1, 0.15) is 125 Å². The van der Waals surface area contributed by atoms with Crippen molar-refractivity contribution in [1.29, 1.82) is 0 Å². The Bertz CT molecular complexity index is 1090. The standard InChI is InChI=1S/C24H42N4O4.C12H22N2O2/c1-5-7-12-17(19(29)22(31)26-6-2)27-21(30)18-13-11-16-28(18)23(32)20(25-4)24(3)14-9-8-10-15-24;1-12(2,3)10(13-9-15)8-14-7-5-4-6-11(14)16/h17-18,20,25H,5-16H2,1-4H3,(H,26,31)(H,27,30);9-10H,4-8H2,1-3H3,(H,13,15). The fourth-order valence-electron chi connectivity index (χ4n) is 7.17. The summed E-state index contributed by atoms with van der Waals surface area (Å²) in [6.45, 7) is 14.5. The highest BCUT2D eigenvalue weighted by Crippen LogP contribution is 2.40. The Morgan fingerprint density at radius 2 is 1.69 bits per heavy atom. The van der Waals surface area contributed by atoms with E-state index >= 15 is 0 Å². The van der Waals surface area contributed by atoms with Crippen molar-refractivity contribution < 1.29 is 28.8 Å². The predicted molar refractivity (Wildman–Crippen MR) is 187 cm³/mol. The molecule has 0 spiro atoms. The van der Waals surface area contributed by atoms with Gasteiger partial charge in [-0.3, -0.25) is 28.8 Å². The first kappa shape index (κ1) is 41.2. The Morgan fingerprint density at radius 3 is 2.25 bits per heavy atom. The minimum Gasteiger partial charge on any atom is -0.354 e. The van der Waals surface area contributed by atoms with Gasteiger partial charge in [0, 0.05) is 32.6 Å². The first-order valence-corrected chi connectivity index (χ1v) is 18.3. The van der Waals surface area contributed by atoms with Gasteiger partial charge in [-0.2, -0.15) is 0 Å². The van der Waals surface area contributed by atoms with Crippen LogP contribution in [0.4, 0.5) is 0 Å². The monoisotopic (exact) mass is 676 g/mol. The van der Waals surface area contributed by atoms with Crippen molar-refractivity contribution in [3.63, 3.8) is 0 Å². The smallest absolute Gasteiger partial charge is 0.289 e. The molecule has 1 aliphatic carbocycles. The zero-order chi connectivity index (χ0) is 35.9. The van der Waals surface area contributed by atoms with E-state index in [1.807, 2.05) is 18.9 Å². The first-order valence-electron chi connectivity index (χ1n) is 18.3. The minimum absolute atomic E-state index is 0.0204. The summed E-state index contributed by atoms with van der Waals surface area (Å²) >= 11 is 0. The highest BCUT2D eigenvalue weighted by molar-refractivity contribution is 6.38. The summed E-state index contributed by atoms with van der Waals surface area (Å²) in [6.07, 6.45) is 12.2. The third kappa shape index (κ3) is 11.8. The lowest BCUT2D eigenvalue weighted by Gasteiger charge is -2.42. The van der Waals surface area contributed by atoms with Gasteiger partial charge in [-0.25, -0.2) is 0 Å². The average molecular weight is 677 g/mol. The van der Waals surface area contributed by atoms with Gasteiger partial charge in [-0.15, -0.1) is 0 Å². The molecule has 2 heterocycles. The number of carbonyl (C=O) groups is 6. The van der Waals surface area contributed by atoms with E-state index in [-0.39, 0.29) is 40.6 Å². The van der Waals surface area contributed by atoms with Crippen molar-refractivity contribution in [2.45, 2.75) is 149 Å². The summed E-state index contributed by atoms with van der Waals surface area (Å²) in [7, 11) is 1.82. The zero-order valence-electron chi connectivity index (χ0n) is 30.8. The maximum atomic E-state index is 13.5. The zero-order valence-corrected chi connectivity index (χ0v) is 30.8. The Labute approximate surface area is 288 Å². The van der Waals surface area contributed by atoms with Gasteiger partial charge < -0.3 is 31.1 Å². The second-order valence-electron chi connectivity index (χ2n) is 15.1. The van der Waals surface area contributed by atoms with E-state index in [0.717, 1.165) is 70.7 Å². The SMILES string of the molecule is CC(C)(C)C(CN1CCCCC1=O)NC=O.CCCCC(NC(=O)C1CCCN1C(=O)C(NC)C1(C)CCCCC1)C(=O)C(=O)NCC. The van der Waals surface area contributed by atoms with Crippen molar-refractivity contribution in [2.24, 2.45) is 10.8 Å². The molecule has 1 saturated carbocycles. The number of Topliss-reactive ketones (excluding diaryl/α,β-unsaturated/α-hetero) is 1. The number of carbonyl (C=O) groups excluding carboxylic acids is 6. The van der Waals surface area contributed by atoms with E-state index in [0.29, 0.717) is 38.9 Å². The van der Waals surface area contributed by atoms with Crippen LogP contribution in [-0.2, 0) is 28.8 Å². The summed E-state index contributed by atoms with van der Waals surface area (Å²) in [5.41, 5.74) is -0.149. The molecule has 4 atom stereocenters. The van der Waals surface area contributed by atoms with Gasteiger partial charge in [-0.1, -0.05) is 66.7 Å². The summed E-state index contributed by atoms with van der Waals surface area (Å²) in [5.74, 6) is -1.44. The maximum Gasteiger partial charge on any atom is 0.289 e. The van der Waals surface area contributed by atoms with Gasteiger partial charge >= 0.3 is 0 Å². The molecule has 2 saturated heterocycles. The Hall–Kier alpha value is -3.02. The summed E-state index contributed by atoms with van der Waals surface area (Å²) < 4.78 is 0. The predicted octanol–water partition coefficient (Wildman–Crippen LogP) is 3.08. The van der Waals surface area contributed by atoms with Crippen molar-refractivity contribution in [3.05, 3.63) is 0 Å². The van der Waals surface area contributed by atoms with E-state index in [1.54, 1.807) is 11.8 Å². The molecule has 274 valence electrons. The van der Waals surface area contributed by atoms with Gasteiger partial charge in [0.2, 0.25) is 29.9 Å². The molecule has 3 aliphatic rings. The molecule has 5 amide bonds. The lowest BCUT2D eigenvalue weighted by molar-refractivity contribution is -0.144. The van der Waals surface area contributed by atoms with E-state index in [2.05, 4.69) is 49.0 Å². The third-order valence-corrected chi connectivity index (χ3v) is 10.2. The summed E-state index contributed by atoms with van der Waals surface area (Å²) in [6, 6.07) is -1.77. The topological polar surface area (TPSA) is 157 Å². The maximum absolute atomic E-state index is 13.5. The van der Waals surface area contributed by atoms with E-state index in [4.69, 9.17) is 0 Å². The number of rotatable bonds is 15. The molecule has 0 aromatic heterocycles. The average Bonchev–Trinajstić information content (AvgIpc) is 3.54. The van der Waals surface area contributed by atoms with Gasteiger partial charge in [0.05, 0.1) is 18.1 Å². The van der Waals surface area contributed by atoms with Crippen LogP contribution in [-0.4, -0.2) is 103 Å². The molecule has 12 heteroatoms.